The Morgan fingerprint density at radius 3 is 2.30 bits per heavy atom. The molecule has 1 rings (SSSR count). The van der Waals surface area contributed by atoms with E-state index in [1.54, 1.807) is 0 Å². The summed E-state index contributed by atoms with van der Waals surface area (Å²) in [5.41, 5.74) is 0. The van der Waals surface area contributed by atoms with E-state index in [9.17, 15) is 0 Å². The summed E-state index contributed by atoms with van der Waals surface area (Å²) in [5.74, 6) is 5.55. The highest BCUT2D eigenvalue weighted by molar-refractivity contribution is 4.89. The Morgan fingerprint density at radius 2 is 1.80 bits per heavy atom. The Balaban J connectivity index is 2.77. The molecule has 0 spiro atoms. The third kappa shape index (κ3) is 4.76. The third-order valence-corrected chi connectivity index (χ3v) is 5.95. The van der Waals surface area contributed by atoms with Gasteiger partial charge in [-0.05, 0) is 61.9 Å². The average Bonchev–Trinajstić information content (AvgIpc) is 2.43. The lowest BCUT2D eigenvalue weighted by atomic mass is 9.60. The molecule has 0 aromatic rings. The largest absolute Gasteiger partial charge is 0.319 e. The minimum atomic E-state index is 0.848. The Labute approximate surface area is 128 Å². The molecule has 0 amide bonds. The molecule has 5 atom stereocenters. The van der Waals surface area contributed by atoms with E-state index in [4.69, 9.17) is 0 Å². The van der Waals surface area contributed by atoms with Crippen molar-refractivity contribution >= 4 is 0 Å². The van der Waals surface area contributed by atoms with Crippen LogP contribution in [0.4, 0.5) is 0 Å². The Kier molecular flexibility index (Phi) is 8.17. The number of nitrogens with one attached hydrogen (secondary N) is 1. The summed E-state index contributed by atoms with van der Waals surface area (Å²) in [7, 11) is 2.12. The summed E-state index contributed by atoms with van der Waals surface area (Å²) in [5, 5.41) is 3.44. The van der Waals surface area contributed by atoms with Crippen molar-refractivity contribution in [2.45, 2.75) is 73.1 Å². The Bertz CT molecular complexity index is 248. The van der Waals surface area contributed by atoms with E-state index in [-0.39, 0.29) is 0 Å². The quantitative estimate of drug-likeness (QED) is 0.632. The zero-order valence-electron chi connectivity index (χ0n) is 14.9. The van der Waals surface area contributed by atoms with Gasteiger partial charge in [0.15, 0.2) is 0 Å². The zero-order chi connectivity index (χ0) is 15.1. The smallest absolute Gasteiger partial charge is 0.00209 e. The molecule has 0 aromatic carbocycles. The van der Waals surface area contributed by atoms with Crippen molar-refractivity contribution in [1.29, 1.82) is 0 Å². The molecule has 1 saturated carbocycles. The van der Waals surface area contributed by atoms with Crippen molar-refractivity contribution in [3.8, 4) is 0 Å². The highest BCUT2D eigenvalue weighted by Gasteiger charge is 2.38. The number of hydrogen-bond acceptors (Lipinski definition) is 1. The number of unbranched alkanes of at least 4 members (excludes halogenated alkanes) is 1. The van der Waals surface area contributed by atoms with Crippen LogP contribution in [0.25, 0.3) is 0 Å². The number of rotatable bonds is 8. The molecule has 120 valence electrons. The van der Waals surface area contributed by atoms with Crippen LogP contribution < -0.4 is 5.32 Å². The van der Waals surface area contributed by atoms with Crippen molar-refractivity contribution in [2.24, 2.45) is 35.5 Å². The highest BCUT2D eigenvalue weighted by atomic mass is 14.8. The fourth-order valence-electron chi connectivity index (χ4n) is 4.59. The maximum atomic E-state index is 3.44. The molecule has 0 saturated heterocycles. The molecule has 1 aliphatic carbocycles. The van der Waals surface area contributed by atoms with Gasteiger partial charge in [-0.1, -0.05) is 60.3 Å². The predicted molar refractivity (Wildman–Crippen MR) is 90.9 cm³/mol. The van der Waals surface area contributed by atoms with Crippen molar-refractivity contribution in [3.63, 3.8) is 0 Å². The molecule has 1 nitrogen and oxygen atoms in total. The van der Waals surface area contributed by atoms with Crippen LogP contribution in [0.5, 0.6) is 0 Å². The van der Waals surface area contributed by atoms with Gasteiger partial charge in [0.25, 0.3) is 0 Å². The lowest BCUT2D eigenvalue weighted by Gasteiger charge is -2.45. The van der Waals surface area contributed by atoms with Gasteiger partial charge in [0, 0.05) is 0 Å². The van der Waals surface area contributed by atoms with Crippen LogP contribution in [0.2, 0.25) is 0 Å². The summed E-state index contributed by atoms with van der Waals surface area (Å²) in [6.07, 6.45) is 8.55. The molecule has 5 unspecified atom stereocenters. The summed E-state index contributed by atoms with van der Waals surface area (Å²) in [4.78, 5) is 0. The molecule has 0 aliphatic heterocycles. The van der Waals surface area contributed by atoms with Crippen LogP contribution in [0.1, 0.15) is 73.1 Å². The average molecular weight is 282 g/mol. The highest BCUT2D eigenvalue weighted by Crippen LogP contribution is 2.46. The molecular weight excluding hydrogens is 242 g/mol. The van der Waals surface area contributed by atoms with Crippen molar-refractivity contribution in [1.82, 2.24) is 5.32 Å². The van der Waals surface area contributed by atoms with E-state index < -0.39 is 0 Å². The fourth-order valence-corrected chi connectivity index (χ4v) is 4.59. The van der Waals surface area contributed by atoms with Crippen LogP contribution >= 0.6 is 0 Å². The molecule has 0 bridgehead atoms. The minimum Gasteiger partial charge on any atom is -0.319 e. The maximum absolute atomic E-state index is 3.44. The minimum absolute atomic E-state index is 0.848. The van der Waals surface area contributed by atoms with E-state index in [1.165, 1.54) is 45.1 Å². The van der Waals surface area contributed by atoms with Gasteiger partial charge >= 0.3 is 0 Å². The van der Waals surface area contributed by atoms with Gasteiger partial charge in [0.2, 0.25) is 0 Å². The SMILES string of the molecule is CCCCC1CC(C(CC)CNC)C(C(C)C)CC1C. The van der Waals surface area contributed by atoms with Gasteiger partial charge in [0.1, 0.15) is 0 Å². The van der Waals surface area contributed by atoms with Gasteiger partial charge in [-0.3, -0.25) is 0 Å². The normalized spacial score (nSPS) is 32.5. The third-order valence-electron chi connectivity index (χ3n) is 5.95. The molecule has 1 N–H and O–H groups in total. The standard InChI is InChI=1S/C19H39N/c1-7-9-10-17-12-19(16(8-2)13-20-6)18(14(3)4)11-15(17)5/h14-20H,7-13H2,1-6H3. The monoisotopic (exact) mass is 281 g/mol. The van der Waals surface area contributed by atoms with E-state index in [1.807, 2.05) is 0 Å². The van der Waals surface area contributed by atoms with Gasteiger partial charge in [0.05, 0.1) is 0 Å². The van der Waals surface area contributed by atoms with Crippen molar-refractivity contribution < 1.29 is 0 Å². The fraction of sp³-hybridized carbons (Fsp3) is 1.00. The first-order valence-corrected chi connectivity index (χ1v) is 9.19. The van der Waals surface area contributed by atoms with Gasteiger partial charge in [-0.2, -0.15) is 0 Å². The predicted octanol–water partition coefficient (Wildman–Crippen LogP) is 5.36. The van der Waals surface area contributed by atoms with Crippen molar-refractivity contribution in [3.05, 3.63) is 0 Å². The molecule has 1 fully saturated rings. The lowest BCUT2D eigenvalue weighted by Crippen LogP contribution is -2.40. The zero-order valence-corrected chi connectivity index (χ0v) is 14.9. The van der Waals surface area contributed by atoms with Crippen LogP contribution in [-0.4, -0.2) is 13.6 Å². The molecule has 1 aliphatic rings. The first kappa shape index (κ1) is 18.0. The molecule has 0 heterocycles. The topological polar surface area (TPSA) is 12.0 Å². The molecule has 20 heavy (non-hydrogen) atoms. The summed E-state index contributed by atoms with van der Waals surface area (Å²) in [6.45, 7) is 13.3. The second kappa shape index (κ2) is 9.07. The lowest BCUT2D eigenvalue weighted by molar-refractivity contribution is 0.0450. The van der Waals surface area contributed by atoms with E-state index in [2.05, 4.69) is 47.0 Å². The second-order valence-corrected chi connectivity index (χ2v) is 7.65. The van der Waals surface area contributed by atoms with Crippen LogP contribution in [0, 0.1) is 35.5 Å². The second-order valence-electron chi connectivity index (χ2n) is 7.65. The maximum Gasteiger partial charge on any atom is -0.00209 e. The van der Waals surface area contributed by atoms with E-state index >= 15 is 0 Å². The molecule has 0 aromatic heterocycles. The Morgan fingerprint density at radius 1 is 1.10 bits per heavy atom. The van der Waals surface area contributed by atoms with Crippen LogP contribution in [-0.2, 0) is 0 Å². The first-order chi connectivity index (χ1) is 9.54. The van der Waals surface area contributed by atoms with Crippen LogP contribution in [0.15, 0.2) is 0 Å². The summed E-state index contributed by atoms with van der Waals surface area (Å²) < 4.78 is 0. The number of hydrogen-bond donors (Lipinski definition) is 1. The molecule has 1 heteroatoms. The Hall–Kier alpha value is -0.0400. The van der Waals surface area contributed by atoms with Crippen molar-refractivity contribution in [2.75, 3.05) is 13.6 Å². The van der Waals surface area contributed by atoms with Crippen LogP contribution in [0.3, 0.4) is 0 Å². The molecule has 0 radical (unpaired) electrons. The first-order valence-electron chi connectivity index (χ1n) is 9.19. The molecular formula is C19H39N. The van der Waals surface area contributed by atoms with E-state index in [0.717, 1.165) is 35.5 Å². The van der Waals surface area contributed by atoms with Gasteiger partial charge in [-0.25, -0.2) is 0 Å². The van der Waals surface area contributed by atoms with Gasteiger partial charge in [-0.15, -0.1) is 0 Å². The summed E-state index contributed by atoms with van der Waals surface area (Å²) in [6, 6.07) is 0. The van der Waals surface area contributed by atoms with E-state index in [0.29, 0.717) is 0 Å². The van der Waals surface area contributed by atoms with Gasteiger partial charge < -0.3 is 5.32 Å². The summed E-state index contributed by atoms with van der Waals surface area (Å²) >= 11 is 0.